The predicted molar refractivity (Wildman–Crippen MR) is 94.0 cm³/mol. The molecule has 0 amide bonds. The predicted octanol–water partition coefficient (Wildman–Crippen LogP) is 2.33. The van der Waals surface area contributed by atoms with Gasteiger partial charge < -0.3 is 5.32 Å². The van der Waals surface area contributed by atoms with E-state index in [1.54, 1.807) is 28.8 Å². The summed E-state index contributed by atoms with van der Waals surface area (Å²) in [5.41, 5.74) is 2.26. The van der Waals surface area contributed by atoms with E-state index < -0.39 is 10.0 Å². The number of hydrogen-bond donors (Lipinski definition) is 1. The zero-order valence-electron chi connectivity index (χ0n) is 13.9. The summed E-state index contributed by atoms with van der Waals surface area (Å²) in [6.45, 7) is 3.86. The number of aromatic nitrogens is 1. The number of pyridine rings is 1. The average molecular weight is 345 g/mol. The molecule has 2 heterocycles. The Labute approximate surface area is 143 Å². The van der Waals surface area contributed by atoms with Crippen molar-refractivity contribution in [2.75, 3.05) is 13.1 Å². The Morgan fingerprint density at radius 2 is 1.71 bits per heavy atom. The summed E-state index contributed by atoms with van der Waals surface area (Å²) in [6.07, 6.45) is 5.23. The first kappa shape index (κ1) is 17.1. The summed E-state index contributed by atoms with van der Waals surface area (Å²) < 4.78 is 27.0. The van der Waals surface area contributed by atoms with Crippen molar-refractivity contribution in [2.24, 2.45) is 0 Å². The summed E-state index contributed by atoms with van der Waals surface area (Å²) in [5, 5.41) is 3.51. The quantitative estimate of drug-likeness (QED) is 0.903. The number of aryl methyl sites for hydroxylation is 1. The van der Waals surface area contributed by atoms with Crippen LogP contribution in [0.25, 0.3) is 0 Å². The molecule has 1 aliphatic heterocycles. The molecule has 24 heavy (non-hydrogen) atoms. The topological polar surface area (TPSA) is 62.3 Å². The highest BCUT2D eigenvalue weighted by Gasteiger charge is 2.29. The molecular weight excluding hydrogens is 322 g/mol. The molecule has 1 aromatic carbocycles. The largest absolute Gasteiger partial charge is 0.310 e. The van der Waals surface area contributed by atoms with Crippen molar-refractivity contribution < 1.29 is 8.42 Å². The number of sulfonamides is 1. The van der Waals surface area contributed by atoms with Gasteiger partial charge in [0.2, 0.25) is 10.0 Å². The molecule has 5 nitrogen and oxygen atoms in total. The summed E-state index contributed by atoms with van der Waals surface area (Å²) in [6, 6.07) is 11.4. The molecule has 1 aliphatic rings. The van der Waals surface area contributed by atoms with Gasteiger partial charge in [-0.2, -0.15) is 4.31 Å². The fourth-order valence-electron chi connectivity index (χ4n) is 2.92. The first-order valence-corrected chi connectivity index (χ1v) is 9.69. The van der Waals surface area contributed by atoms with Crippen LogP contribution in [0.4, 0.5) is 0 Å². The Hall–Kier alpha value is -1.76. The minimum atomic E-state index is -3.37. The van der Waals surface area contributed by atoms with Crippen molar-refractivity contribution >= 4 is 10.0 Å². The van der Waals surface area contributed by atoms with Gasteiger partial charge in [-0.25, -0.2) is 8.42 Å². The number of rotatable bonds is 5. The second-order valence-electron chi connectivity index (χ2n) is 6.23. The van der Waals surface area contributed by atoms with Crippen LogP contribution in [0.5, 0.6) is 0 Å². The summed E-state index contributed by atoms with van der Waals surface area (Å²) >= 11 is 0. The normalized spacial score (nSPS) is 17.0. The summed E-state index contributed by atoms with van der Waals surface area (Å²) in [7, 11) is -3.37. The van der Waals surface area contributed by atoms with Gasteiger partial charge in [-0.15, -0.1) is 0 Å². The van der Waals surface area contributed by atoms with Crippen LogP contribution >= 0.6 is 0 Å². The van der Waals surface area contributed by atoms with Crippen molar-refractivity contribution in [1.29, 1.82) is 0 Å². The van der Waals surface area contributed by atoms with E-state index in [9.17, 15) is 8.42 Å². The SMILES string of the molecule is Cc1ccc(S(=O)(=O)N2CCC(NCc3ccncc3)CC2)cc1. The smallest absolute Gasteiger partial charge is 0.243 e. The Morgan fingerprint density at radius 3 is 2.33 bits per heavy atom. The highest BCUT2D eigenvalue weighted by atomic mass is 32.2. The van der Waals surface area contributed by atoms with E-state index >= 15 is 0 Å². The van der Waals surface area contributed by atoms with E-state index in [4.69, 9.17) is 0 Å². The molecule has 1 fully saturated rings. The monoisotopic (exact) mass is 345 g/mol. The lowest BCUT2D eigenvalue weighted by Crippen LogP contribution is -2.44. The third-order valence-electron chi connectivity index (χ3n) is 4.46. The molecule has 1 N–H and O–H groups in total. The van der Waals surface area contributed by atoms with Crippen molar-refractivity contribution in [3.63, 3.8) is 0 Å². The molecule has 1 aromatic heterocycles. The van der Waals surface area contributed by atoms with E-state index in [-0.39, 0.29) is 0 Å². The molecule has 0 atom stereocenters. The standard InChI is InChI=1S/C18H23N3O2S/c1-15-2-4-18(5-3-15)24(22,23)21-12-8-17(9-13-21)20-14-16-6-10-19-11-7-16/h2-7,10-11,17,20H,8-9,12-14H2,1H3. The first-order chi connectivity index (χ1) is 11.6. The number of piperidine rings is 1. The van der Waals surface area contributed by atoms with Gasteiger partial charge >= 0.3 is 0 Å². The number of nitrogens with zero attached hydrogens (tertiary/aromatic N) is 2. The van der Waals surface area contributed by atoms with Crippen molar-refractivity contribution in [3.05, 3.63) is 59.9 Å². The molecule has 6 heteroatoms. The van der Waals surface area contributed by atoms with Crippen LogP contribution < -0.4 is 5.32 Å². The van der Waals surface area contributed by atoms with Crippen LogP contribution in [-0.2, 0) is 16.6 Å². The highest BCUT2D eigenvalue weighted by Crippen LogP contribution is 2.21. The van der Waals surface area contributed by atoms with Gasteiger partial charge in [-0.1, -0.05) is 17.7 Å². The molecule has 0 spiro atoms. The number of hydrogen-bond acceptors (Lipinski definition) is 4. The van der Waals surface area contributed by atoms with Gasteiger partial charge in [0.1, 0.15) is 0 Å². The van der Waals surface area contributed by atoms with Gasteiger partial charge in [0.15, 0.2) is 0 Å². The molecule has 128 valence electrons. The second kappa shape index (κ2) is 7.42. The summed E-state index contributed by atoms with van der Waals surface area (Å²) in [5.74, 6) is 0. The maximum Gasteiger partial charge on any atom is 0.243 e. The third-order valence-corrected chi connectivity index (χ3v) is 6.37. The fourth-order valence-corrected chi connectivity index (χ4v) is 4.39. The first-order valence-electron chi connectivity index (χ1n) is 8.25. The molecular formula is C18H23N3O2S. The zero-order chi connectivity index (χ0) is 17.0. The molecule has 0 unspecified atom stereocenters. The minimum absolute atomic E-state index is 0.350. The molecule has 3 rings (SSSR count). The van der Waals surface area contributed by atoms with E-state index in [2.05, 4.69) is 10.3 Å². The van der Waals surface area contributed by atoms with Crippen LogP contribution in [0.2, 0.25) is 0 Å². The van der Waals surface area contributed by atoms with Crippen LogP contribution in [0, 0.1) is 6.92 Å². The lowest BCUT2D eigenvalue weighted by atomic mass is 10.1. The fraction of sp³-hybridized carbons (Fsp3) is 0.389. The highest BCUT2D eigenvalue weighted by molar-refractivity contribution is 7.89. The molecule has 0 bridgehead atoms. The Balaban J connectivity index is 1.55. The van der Waals surface area contributed by atoms with Crippen molar-refractivity contribution in [3.8, 4) is 0 Å². The number of benzene rings is 1. The lowest BCUT2D eigenvalue weighted by molar-refractivity contribution is 0.288. The van der Waals surface area contributed by atoms with E-state index in [0.717, 1.165) is 24.9 Å². The molecule has 0 saturated carbocycles. The maximum absolute atomic E-state index is 12.7. The van der Waals surface area contributed by atoms with E-state index in [0.29, 0.717) is 24.0 Å². The third kappa shape index (κ3) is 4.01. The van der Waals surface area contributed by atoms with Gasteiger partial charge in [-0.05, 0) is 49.6 Å². The van der Waals surface area contributed by atoms with Gasteiger partial charge in [0.25, 0.3) is 0 Å². The average Bonchev–Trinajstić information content (AvgIpc) is 2.61. The van der Waals surface area contributed by atoms with Gasteiger partial charge in [-0.3, -0.25) is 4.98 Å². The Morgan fingerprint density at radius 1 is 1.08 bits per heavy atom. The Bertz CT molecular complexity index is 753. The molecule has 1 saturated heterocycles. The lowest BCUT2D eigenvalue weighted by Gasteiger charge is -2.31. The second-order valence-corrected chi connectivity index (χ2v) is 8.17. The van der Waals surface area contributed by atoms with E-state index in [1.165, 1.54) is 5.56 Å². The van der Waals surface area contributed by atoms with E-state index in [1.807, 2.05) is 31.2 Å². The van der Waals surface area contributed by atoms with Crippen molar-refractivity contribution in [2.45, 2.75) is 37.2 Å². The van der Waals surface area contributed by atoms with Crippen LogP contribution in [-0.4, -0.2) is 36.8 Å². The zero-order valence-corrected chi connectivity index (χ0v) is 14.7. The van der Waals surface area contributed by atoms with Crippen molar-refractivity contribution in [1.82, 2.24) is 14.6 Å². The minimum Gasteiger partial charge on any atom is -0.310 e. The molecule has 0 aliphatic carbocycles. The number of nitrogens with one attached hydrogen (secondary N) is 1. The van der Waals surface area contributed by atoms with Gasteiger partial charge in [0.05, 0.1) is 4.90 Å². The molecule has 2 aromatic rings. The van der Waals surface area contributed by atoms with Crippen LogP contribution in [0.3, 0.4) is 0 Å². The van der Waals surface area contributed by atoms with Crippen LogP contribution in [0.1, 0.15) is 24.0 Å². The summed E-state index contributed by atoms with van der Waals surface area (Å²) in [4.78, 5) is 4.40. The molecule has 0 radical (unpaired) electrons. The maximum atomic E-state index is 12.7. The van der Waals surface area contributed by atoms with Crippen LogP contribution in [0.15, 0.2) is 53.7 Å². The Kier molecular flexibility index (Phi) is 5.28. The van der Waals surface area contributed by atoms with Gasteiger partial charge in [0, 0.05) is 38.1 Å².